The lowest BCUT2D eigenvalue weighted by Gasteiger charge is -2.61. The number of pyridine rings is 3. The summed E-state index contributed by atoms with van der Waals surface area (Å²) in [5.41, 5.74) is 7.55. The van der Waals surface area contributed by atoms with Gasteiger partial charge in [0, 0.05) is 53.1 Å². The topological polar surface area (TPSA) is 46.3 Å². The van der Waals surface area contributed by atoms with Gasteiger partial charge >= 0.3 is 0 Å². The first-order valence-electron chi connectivity index (χ1n) is 12.5. The first-order chi connectivity index (χ1) is 17.3. The summed E-state index contributed by atoms with van der Waals surface area (Å²) in [7, 11) is 0. The first-order valence-corrected chi connectivity index (χ1v) is 12.5. The molecule has 0 bridgehead atoms. The maximum Gasteiger partial charge on any atom is 0.137 e. The lowest BCUT2D eigenvalue weighted by atomic mass is 9.56. The molecule has 0 unspecified atom stereocenters. The number of hydrogen-bond acceptors (Lipinski definition) is 4. The summed E-state index contributed by atoms with van der Waals surface area (Å²) in [5, 5.41) is 1.12. The molecule has 4 aromatic heterocycles. The van der Waals surface area contributed by atoms with Crippen molar-refractivity contribution in [1.82, 2.24) is 19.4 Å². The number of alkyl halides is 1. The Morgan fingerprint density at radius 1 is 0.917 bits per heavy atom. The van der Waals surface area contributed by atoms with Crippen molar-refractivity contribution >= 4 is 22.4 Å². The zero-order chi connectivity index (χ0) is 24.7. The second-order valence-corrected chi connectivity index (χ2v) is 11.1. The van der Waals surface area contributed by atoms with Crippen LogP contribution in [0.2, 0.25) is 0 Å². The van der Waals surface area contributed by atoms with E-state index in [1.54, 1.807) is 6.92 Å². The second kappa shape index (κ2) is 7.36. The van der Waals surface area contributed by atoms with E-state index in [0.29, 0.717) is 12.8 Å². The van der Waals surface area contributed by atoms with Crippen LogP contribution in [-0.4, -0.2) is 38.1 Å². The summed E-state index contributed by atoms with van der Waals surface area (Å²) in [6.45, 7) is 7.68. The van der Waals surface area contributed by atoms with Gasteiger partial charge < -0.3 is 4.90 Å². The summed E-state index contributed by atoms with van der Waals surface area (Å²) in [5.74, 6) is 1.01. The fraction of sp³-hybridized carbons (Fsp3) is 0.300. The fourth-order valence-electron chi connectivity index (χ4n) is 6.58. The largest absolute Gasteiger partial charge is 0.355 e. The van der Waals surface area contributed by atoms with Gasteiger partial charge in [0.25, 0.3) is 0 Å². The number of halogens is 1. The van der Waals surface area contributed by atoms with Crippen LogP contribution in [0.25, 0.3) is 38.9 Å². The zero-order valence-corrected chi connectivity index (χ0v) is 20.8. The summed E-state index contributed by atoms with van der Waals surface area (Å²) >= 11 is 0. The Morgan fingerprint density at radius 2 is 1.72 bits per heavy atom. The van der Waals surface area contributed by atoms with Crippen molar-refractivity contribution in [3.8, 4) is 22.4 Å². The molecule has 0 atom stereocenters. The number of hydrogen-bond donors (Lipinski definition) is 0. The molecule has 5 nitrogen and oxygen atoms in total. The first kappa shape index (κ1) is 21.5. The van der Waals surface area contributed by atoms with E-state index in [9.17, 15) is 4.39 Å². The third kappa shape index (κ3) is 3.31. The molecule has 2 fully saturated rings. The van der Waals surface area contributed by atoms with Crippen molar-refractivity contribution in [3.63, 3.8) is 0 Å². The van der Waals surface area contributed by atoms with Crippen molar-refractivity contribution < 1.29 is 4.39 Å². The number of fused-ring (bicyclic) bond motifs is 2. The van der Waals surface area contributed by atoms with E-state index in [2.05, 4.69) is 63.8 Å². The van der Waals surface area contributed by atoms with Gasteiger partial charge in [-0.05, 0) is 75.1 Å². The third-order valence-corrected chi connectivity index (χ3v) is 7.86. The van der Waals surface area contributed by atoms with Crippen LogP contribution in [0.4, 0.5) is 10.2 Å². The monoisotopic (exact) mass is 477 g/mol. The molecule has 0 amide bonds. The summed E-state index contributed by atoms with van der Waals surface area (Å²) in [6, 6.07) is 16.8. The van der Waals surface area contributed by atoms with Crippen molar-refractivity contribution in [2.75, 3.05) is 18.0 Å². The Labute approximate surface area is 209 Å². The summed E-state index contributed by atoms with van der Waals surface area (Å²) in [6.07, 6.45) is 7.33. The molecule has 0 radical (unpaired) electrons. The quantitative estimate of drug-likeness (QED) is 0.295. The van der Waals surface area contributed by atoms with Crippen LogP contribution in [0.3, 0.4) is 0 Å². The average Bonchev–Trinajstić information content (AvgIpc) is 3.23. The number of rotatable bonds is 3. The van der Waals surface area contributed by atoms with Crippen molar-refractivity contribution in [2.45, 2.75) is 39.3 Å². The van der Waals surface area contributed by atoms with Gasteiger partial charge in [0.2, 0.25) is 0 Å². The Morgan fingerprint density at radius 3 is 2.50 bits per heavy atom. The molecule has 1 saturated heterocycles. The average molecular weight is 478 g/mol. The molecular formula is C30H28FN5. The molecule has 1 spiro atoms. The van der Waals surface area contributed by atoms with Crippen LogP contribution in [0.1, 0.15) is 31.0 Å². The van der Waals surface area contributed by atoms with Crippen LogP contribution in [0.5, 0.6) is 0 Å². The normalized spacial score (nSPS) is 17.9. The van der Waals surface area contributed by atoms with Crippen LogP contribution in [-0.2, 0) is 0 Å². The maximum absolute atomic E-state index is 14.0. The van der Waals surface area contributed by atoms with Gasteiger partial charge in [0.15, 0.2) is 0 Å². The highest BCUT2D eigenvalue weighted by Crippen LogP contribution is 2.56. The van der Waals surface area contributed by atoms with Crippen LogP contribution in [0, 0.1) is 19.3 Å². The van der Waals surface area contributed by atoms with Gasteiger partial charge in [0.05, 0.1) is 17.4 Å². The number of anilines is 1. The number of benzene rings is 1. The zero-order valence-electron chi connectivity index (χ0n) is 20.8. The van der Waals surface area contributed by atoms with Gasteiger partial charge in [0.1, 0.15) is 17.1 Å². The number of aryl methyl sites for hydroxylation is 2. The van der Waals surface area contributed by atoms with Crippen molar-refractivity contribution in [1.29, 1.82) is 0 Å². The third-order valence-electron chi connectivity index (χ3n) is 7.86. The molecule has 5 heterocycles. The van der Waals surface area contributed by atoms with E-state index in [-0.39, 0.29) is 5.41 Å². The van der Waals surface area contributed by atoms with Gasteiger partial charge in [-0.25, -0.2) is 14.4 Å². The lowest BCUT2D eigenvalue weighted by Crippen LogP contribution is -2.66. The minimum Gasteiger partial charge on any atom is -0.355 e. The SMILES string of the molecule is Cc1cc(-c2cnc3cc(-c4cnc(N5CC6(C5)CC(C)(F)C6)c(C)c4)ccn23)c2ccccc2n1. The van der Waals surface area contributed by atoms with E-state index >= 15 is 0 Å². The molecule has 180 valence electrons. The molecule has 1 saturated carbocycles. The molecule has 2 aliphatic rings. The smallest absolute Gasteiger partial charge is 0.137 e. The molecular weight excluding hydrogens is 449 g/mol. The summed E-state index contributed by atoms with van der Waals surface area (Å²) in [4.78, 5) is 16.5. The highest BCUT2D eigenvalue weighted by molar-refractivity contribution is 5.94. The molecule has 0 N–H and O–H groups in total. The van der Waals surface area contributed by atoms with Crippen molar-refractivity contribution in [3.05, 3.63) is 78.4 Å². The van der Waals surface area contributed by atoms with Crippen LogP contribution in [0.15, 0.2) is 67.1 Å². The van der Waals surface area contributed by atoms with Gasteiger partial charge in [-0.15, -0.1) is 0 Å². The van der Waals surface area contributed by atoms with Gasteiger partial charge in [-0.1, -0.05) is 18.2 Å². The Bertz CT molecular complexity index is 1650. The predicted molar refractivity (Wildman–Crippen MR) is 142 cm³/mol. The number of aromatic nitrogens is 4. The van der Waals surface area contributed by atoms with Gasteiger partial charge in [-0.2, -0.15) is 0 Å². The molecule has 1 aliphatic carbocycles. The lowest BCUT2D eigenvalue weighted by molar-refractivity contribution is -0.0714. The number of imidazole rings is 1. The predicted octanol–water partition coefficient (Wildman–Crippen LogP) is 6.56. The van der Waals surface area contributed by atoms with Crippen LogP contribution >= 0.6 is 0 Å². The molecule has 1 aliphatic heterocycles. The van der Waals surface area contributed by atoms with E-state index in [0.717, 1.165) is 69.1 Å². The number of nitrogens with zero attached hydrogens (tertiary/aromatic N) is 5. The molecule has 5 aromatic rings. The van der Waals surface area contributed by atoms with E-state index in [1.165, 1.54) is 0 Å². The fourth-order valence-corrected chi connectivity index (χ4v) is 6.58. The van der Waals surface area contributed by atoms with Gasteiger partial charge in [-0.3, -0.25) is 9.38 Å². The minimum atomic E-state index is -0.979. The second-order valence-electron chi connectivity index (χ2n) is 11.1. The highest BCUT2D eigenvalue weighted by Gasteiger charge is 2.58. The summed E-state index contributed by atoms with van der Waals surface area (Å²) < 4.78 is 16.2. The minimum absolute atomic E-state index is 0.165. The Kier molecular flexibility index (Phi) is 4.39. The standard InChI is InChI=1S/C30H28FN5/c1-19-10-22(13-33-28(19)35-17-30(18-35)15-29(3,31)16-30)21-8-9-36-26(14-32-27(36)12-21)24-11-20(2)34-25-7-5-4-6-23(24)25/h4-14H,15-18H2,1-3H3. The molecule has 7 rings (SSSR count). The van der Waals surface area contributed by atoms with E-state index in [1.807, 2.05) is 31.5 Å². The van der Waals surface area contributed by atoms with E-state index in [4.69, 9.17) is 9.97 Å². The highest BCUT2D eigenvalue weighted by atomic mass is 19.1. The van der Waals surface area contributed by atoms with Crippen LogP contribution < -0.4 is 4.90 Å². The Hall–Kier alpha value is -3.80. The van der Waals surface area contributed by atoms with E-state index < -0.39 is 5.67 Å². The molecule has 1 aromatic carbocycles. The Balaban J connectivity index is 1.19. The van der Waals surface area contributed by atoms with Crippen molar-refractivity contribution in [2.24, 2.45) is 5.41 Å². The maximum atomic E-state index is 14.0. The number of para-hydroxylation sites is 1. The molecule has 6 heteroatoms. The molecule has 36 heavy (non-hydrogen) atoms.